The molecular weight excluding hydrogens is 302 g/mol. The third-order valence-corrected chi connectivity index (χ3v) is 2.96. The Hall–Kier alpha value is -2.20. The number of rotatable bonds is 1. The van der Waals surface area contributed by atoms with Crippen LogP contribution in [0.4, 0.5) is 10.5 Å². The second kappa shape index (κ2) is 4.58. The van der Waals surface area contributed by atoms with Gasteiger partial charge < -0.3 is 0 Å². The van der Waals surface area contributed by atoms with Crippen molar-refractivity contribution in [3.8, 4) is 6.07 Å². The molecule has 0 unspecified atom stereocenters. The van der Waals surface area contributed by atoms with Crippen LogP contribution in [-0.2, 0) is 9.59 Å². The monoisotopic (exact) mass is 307 g/mol. The molecule has 90 valence electrons. The average Bonchev–Trinajstić information content (AvgIpc) is 2.29. The van der Waals surface area contributed by atoms with Gasteiger partial charge in [-0.3, -0.25) is 14.9 Å². The van der Waals surface area contributed by atoms with Gasteiger partial charge in [0.2, 0.25) is 11.8 Å². The minimum absolute atomic E-state index is 0.295. The summed E-state index contributed by atoms with van der Waals surface area (Å²) in [5.74, 6) is -1.22. The molecule has 2 rings (SSSR count). The first-order valence-corrected chi connectivity index (χ1v) is 5.68. The van der Waals surface area contributed by atoms with Gasteiger partial charge in [0.15, 0.2) is 0 Å². The number of anilines is 1. The van der Waals surface area contributed by atoms with Crippen molar-refractivity contribution in [2.75, 3.05) is 4.90 Å². The standard InChI is InChI=1S/C11H6BrN3O3/c12-7-3-6(5-13)1-2-8(7)15-10(17)4-9(16)14-11(15)18/h1-3H,4H2,(H,14,16,18). The van der Waals surface area contributed by atoms with E-state index in [1.54, 1.807) is 0 Å². The van der Waals surface area contributed by atoms with Crippen LogP contribution in [0.1, 0.15) is 12.0 Å². The number of nitrogens with one attached hydrogen (secondary N) is 1. The highest BCUT2D eigenvalue weighted by Crippen LogP contribution is 2.28. The predicted octanol–water partition coefficient (Wildman–Crippen LogP) is 1.29. The maximum absolute atomic E-state index is 11.7. The van der Waals surface area contributed by atoms with Crippen LogP contribution in [0.25, 0.3) is 0 Å². The maximum Gasteiger partial charge on any atom is 0.335 e. The summed E-state index contributed by atoms with van der Waals surface area (Å²) in [6.07, 6.45) is -0.377. The van der Waals surface area contributed by atoms with Crippen molar-refractivity contribution < 1.29 is 14.4 Å². The molecule has 18 heavy (non-hydrogen) atoms. The molecular formula is C11H6BrN3O3. The quantitative estimate of drug-likeness (QED) is 0.792. The number of nitriles is 1. The maximum atomic E-state index is 11.7. The predicted molar refractivity (Wildman–Crippen MR) is 64.5 cm³/mol. The Labute approximate surface area is 110 Å². The Kier molecular flexibility index (Phi) is 3.12. The largest absolute Gasteiger partial charge is 0.335 e. The van der Waals surface area contributed by atoms with Crippen molar-refractivity contribution in [1.29, 1.82) is 5.26 Å². The van der Waals surface area contributed by atoms with Crippen LogP contribution < -0.4 is 10.2 Å². The zero-order valence-electron chi connectivity index (χ0n) is 8.94. The Balaban J connectivity index is 2.43. The molecule has 1 N–H and O–H groups in total. The van der Waals surface area contributed by atoms with Gasteiger partial charge in [0.05, 0.1) is 17.3 Å². The normalized spacial score (nSPS) is 15.3. The summed E-state index contributed by atoms with van der Waals surface area (Å²) in [5, 5.41) is 10.8. The topological polar surface area (TPSA) is 90.3 Å². The number of carbonyl (C=O) groups is 3. The lowest BCUT2D eigenvalue weighted by Crippen LogP contribution is -2.53. The molecule has 7 heteroatoms. The Morgan fingerprint density at radius 3 is 2.61 bits per heavy atom. The average molecular weight is 308 g/mol. The molecule has 0 spiro atoms. The van der Waals surface area contributed by atoms with Crippen LogP contribution in [0.5, 0.6) is 0 Å². The summed E-state index contributed by atoms with van der Waals surface area (Å²) in [7, 11) is 0. The molecule has 0 aliphatic carbocycles. The summed E-state index contributed by atoms with van der Waals surface area (Å²) in [6.45, 7) is 0. The molecule has 0 aromatic heterocycles. The smallest absolute Gasteiger partial charge is 0.277 e. The lowest BCUT2D eigenvalue weighted by molar-refractivity contribution is -0.128. The van der Waals surface area contributed by atoms with E-state index in [9.17, 15) is 14.4 Å². The van der Waals surface area contributed by atoms with Crippen molar-refractivity contribution in [3.63, 3.8) is 0 Å². The van der Waals surface area contributed by atoms with Gasteiger partial charge in [-0.05, 0) is 34.1 Å². The van der Waals surface area contributed by atoms with Crippen LogP contribution in [0.3, 0.4) is 0 Å². The lowest BCUT2D eigenvalue weighted by atomic mass is 10.2. The third-order valence-electron chi connectivity index (χ3n) is 2.33. The van der Waals surface area contributed by atoms with Crippen molar-refractivity contribution in [2.45, 2.75) is 6.42 Å². The number of urea groups is 1. The highest BCUT2D eigenvalue weighted by molar-refractivity contribution is 9.10. The van der Waals surface area contributed by atoms with Crippen molar-refractivity contribution in [3.05, 3.63) is 28.2 Å². The van der Waals surface area contributed by atoms with Crippen molar-refractivity contribution in [2.24, 2.45) is 0 Å². The number of nitrogens with zero attached hydrogens (tertiary/aromatic N) is 2. The van der Waals surface area contributed by atoms with Gasteiger partial charge in [0.25, 0.3) is 0 Å². The van der Waals surface area contributed by atoms with E-state index in [-0.39, 0.29) is 6.42 Å². The zero-order valence-corrected chi connectivity index (χ0v) is 10.5. The fraction of sp³-hybridized carbons (Fsp3) is 0.0909. The summed E-state index contributed by atoms with van der Waals surface area (Å²) in [4.78, 5) is 35.2. The van der Waals surface area contributed by atoms with Gasteiger partial charge in [0.1, 0.15) is 6.42 Å². The van der Waals surface area contributed by atoms with E-state index in [0.29, 0.717) is 15.7 Å². The lowest BCUT2D eigenvalue weighted by Gasteiger charge is -2.25. The van der Waals surface area contributed by atoms with Gasteiger partial charge in [-0.1, -0.05) is 0 Å². The van der Waals surface area contributed by atoms with Crippen LogP contribution in [0, 0.1) is 11.3 Å². The van der Waals surface area contributed by atoms with Gasteiger partial charge in [-0.2, -0.15) is 5.26 Å². The molecule has 1 fully saturated rings. The highest BCUT2D eigenvalue weighted by Gasteiger charge is 2.33. The first kappa shape index (κ1) is 12.3. The first-order valence-electron chi connectivity index (χ1n) is 4.89. The van der Waals surface area contributed by atoms with E-state index in [2.05, 4.69) is 21.2 Å². The Morgan fingerprint density at radius 1 is 1.33 bits per heavy atom. The molecule has 0 atom stereocenters. The summed E-state index contributed by atoms with van der Waals surface area (Å²) < 4.78 is 0.430. The van der Waals surface area contributed by atoms with Gasteiger partial charge in [-0.15, -0.1) is 0 Å². The number of carbonyl (C=O) groups excluding carboxylic acids is 3. The highest BCUT2D eigenvalue weighted by atomic mass is 79.9. The third kappa shape index (κ3) is 2.10. The Morgan fingerprint density at radius 2 is 2.06 bits per heavy atom. The second-order valence-electron chi connectivity index (χ2n) is 3.54. The number of amides is 4. The number of hydrogen-bond donors (Lipinski definition) is 1. The molecule has 6 nitrogen and oxygen atoms in total. The molecule has 1 aliphatic heterocycles. The SMILES string of the molecule is N#Cc1ccc(N2C(=O)CC(=O)NC2=O)c(Br)c1. The van der Waals surface area contributed by atoms with Crippen LogP contribution in [-0.4, -0.2) is 17.8 Å². The fourth-order valence-corrected chi connectivity index (χ4v) is 2.11. The second-order valence-corrected chi connectivity index (χ2v) is 4.39. The first-order chi connectivity index (χ1) is 8.52. The van der Waals surface area contributed by atoms with Gasteiger partial charge in [0, 0.05) is 4.47 Å². The number of imide groups is 2. The van der Waals surface area contributed by atoms with Crippen LogP contribution >= 0.6 is 15.9 Å². The van der Waals surface area contributed by atoms with E-state index in [0.717, 1.165) is 4.90 Å². The number of barbiturate groups is 1. The van der Waals surface area contributed by atoms with E-state index < -0.39 is 17.8 Å². The van der Waals surface area contributed by atoms with Crippen molar-refractivity contribution >= 4 is 39.5 Å². The van der Waals surface area contributed by atoms with Crippen molar-refractivity contribution in [1.82, 2.24) is 5.32 Å². The molecule has 1 saturated heterocycles. The molecule has 1 aromatic rings. The summed E-state index contributed by atoms with van der Waals surface area (Å²) >= 11 is 3.18. The number of hydrogen-bond acceptors (Lipinski definition) is 4. The van der Waals surface area contributed by atoms with Crippen LogP contribution in [0.15, 0.2) is 22.7 Å². The van der Waals surface area contributed by atoms with Crippen LogP contribution in [0.2, 0.25) is 0 Å². The number of benzene rings is 1. The van der Waals surface area contributed by atoms with Gasteiger partial charge >= 0.3 is 6.03 Å². The van der Waals surface area contributed by atoms with E-state index >= 15 is 0 Å². The summed E-state index contributed by atoms with van der Waals surface area (Å²) in [5.41, 5.74) is 0.690. The number of halogens is 1. The molecule has 1 heterocycles. The Bertz CT molecular complexity index is 586. The molecule has 0 saturated carbocycles. The van der Waals surface area contributed by atoms with E-state index in [4.69, 9.17) is 5.26 Å². The minimum Gasteiger partial charge on any atom is -0.277 e. The molecule has 1 aromatic carbocycles. The van der Waals surface area contributed by atoms with E-state index in [1.807, 2.05) is 6.07 Å². The van der Waals surface area contributed by atoms with Gasteiger partial charge in [-0.25, -0.2) is 9.69 Å². The fourth-order valence-electron chi connectivity index (χ4n) is 1.55. The molecule has 4 amide bonds. The zero-order chi connectivity index (χ0) is 13.3. The summed E-state index contributed by atoms with van der Waals surface area (Å²) in [6, 6.07) is 5.59. The minimum atomic E-state index is -0.790. The van der Waals surface area contributed by atoms with E-state index in [1.165, 1.54) is 18.2 Å². The molecule has 1 aliphatic rings. The molecule has 0 bridgehead atoms. The molecule has 0 radical (unpaired) electrons.